The number of carbonyl (C=O) groups excluding carboxylic acids is 3. The van der Waals surface area contributed by atoms with Gasteiger partial charge in [-0.3, -0.25) is 14.4 Å². The molecule has 0 heterocycles. The van der Waals surface area contributed by atoms with E-state index < -0.39 is 6.10 Å². The highest BCUT2D eigenvalue weighted by Crippen LogP contribution is 2.19. The quantitative estimate of drug-likeness (QED) is 0.0261. The fourth-order valence-corrected chi connectivity index (χ4v) is 11.2. The number of hydrogen-bond acceptors (Lipinski definition) is 6. The number of hydrogen-bond donors (Lipinski definition) is 0. The summed E-state index contributed by atoms with van der Waals surface area (Å²) in [4.78, 5) is 38.4. The molecule has 1 atom stereocenters. The van der Waals surface area contributed by atoms with E-state index in [0.717, 1.165) is 70.6 Å². The van der Waals surface area contributed by atoms with Crippen LogP contribution in [0.25, 0.3) is 0 Å². The van der Waals surface area contributed by atoms with E-state index in [1.54, 1.807) is 0 Å². The van der Waals surface area contributed by atoms with E-state index in [4.69, 9.17) is 14.2 Å². The second-order valence-corrected chi connectivity index (χ2v) is 24.9. The molecule has 0 aliphatic carbocycles. The highest BCUT2D eigenvalue weighted by Gasteiger charge is 2.19. The Kier molecular flexibility index (Phi) is 68.1. The molecular weight excluding hydrogens is 997 g/mol. The molecule has 6 nitrogen and oxygen atoms in total. The molecule has 0 aliphatic rings. The summed E-state index contributed by atoms with van der Waals surface area (Å²) in [6.45, 7) is 6.70. The lowest BCUT2D eigenvalue weighted by atomic mass is 10.0. The molecule has 0 fully saturated rings. The van der Waals surface area contributed by atoms with Crippen LogP contribution < -0.4 is 0 Å². The van der Waals surface area contributed by atoms with Crippen molar-refractivity contribution in [3.05, 3.63) is 36.5 Å². The molecular formula is C75H140O6. The lowest BCUT2D eigenvalue weighted by Crippen LogP contribution is -2.30. The molecule has 0 saturated heterocycles. The Hall–Kier alpha value is -2.37. The second kappa shape index (κ2) is 70.1. The van der Waals surface area contributed by atoms with Crippen LogP contribution in [0.1, 0.15) is 406 Å². The van der Waals surface area contributed by atoms with E-state index >= 15 is 0 Å². The first kappa shape index (κ1) is 78.6. The molecule has 0 aromatic rings. The van der Waals surface area contributed by atoms with Gasteiger partial charge in [0.2, 0.25) is 0 Å². The van der Waals surface area contributed by atoms with Crippen LogP contribution in [0, 0.1) is 0 Å². The summed E-state index contributed by atoms with van der Waals surface area (Å²) >= 11 is 0. The van der Waals surface area contributed by atoms with Gasteiger partial charge in [-0.25, -0.2) is 0 Å². The molecule has 0 radical (unpaired) electrons. The van der Waals surface area contributed by atoms with Crippen molar-refractivity contribution in [1.29, 1.82) is 0 Å². The molecule has 0 saturated carbocycles. The standard InChI is InChI=1S/C75H140O6/c1-4-7-10-13-16-19-22-24-26-28-30-32-34-36-37-39-40-42-44-46-48-50-53-56-59-62-65-68-74(77)80-71-72(70-79-73(76)67-64-61-58-55-52-21-18-15-12-9-6-3)81-75(78)69-66-63-60-57-54-51-49-47-45-43-41-38-35-33-31-29-27-25-23-20-17-14-11-8-5-2/h23,25,29,31,35,38,72H,4-22,24,26-28,30,32-34,36-37,39-71H2,1-3H3/b25-23-,31-29-,38-35-. The molecule has 476 valence electrons. The van der Waals surface area contributed by atoms with Crippen molar-refractivity contribution in [3.63, 3.8) is 0 Å². The Morgan fingerprint density at radius 2 is 0.444 bits per heavy atom. The van der Waals surface area contributed by atoms with Gasteiger partial charge in [-0.05, 0) is 57.8 Å². The summed E-state index contributed by atoms with van der Waals surface area (Å²) in [5.74, 6) is -0.843. The van der Waals surface area contributed by atoms with Crippen molar-refractivity contribution < 1.29 is 28.6 Å². The van der Waals surface area contributed by atoms with Gasteiger partial charge in [-0.2, -0.15) is 0 Å². The summed E-state index contributed by atoms with van der Waals surface area (Å²) < 4.78 is 17.0. The first-order chi connectivity index (χ1) is 40.0. The van der Waals surface area contributed by atoms with Gasteiger partial charge < -0.3 is 14.2 Å². The zero-order chi connectivity index (χ0) is 58.5. The summed E-state index contributed by atoms with van der Waals surface area (Å²) in [6.07, 6.45) is 87.6. The first-order valence-electron chi connectivity index (χ1n) is 36.5. The molecule has 0 spiro atoms. The van der Waals surface area contributed by atoms with Crippen LogP contribution in [-0.2, 0) is 28.6 Å². The number of ether oxygens (including phenoxy) is 3. The third-order valence-corrected chi connectivity index (χ3v) is 16.6. The number of carbonyl (C=O) groups is 3. The minimum atomic E-state index is -0.772. The van der Waals surface area contributed by atoms with E-state index in [1.807, 2.05) is 0 Å². The molecule has 0 bridgehead atoms. The van der Waals surface area contributed by atoms with Crippen LogP contribution in [0.4, 0.5) is 0 Å². The molecule has 0 rings (SSSR count). The number of rotatable bonds is 68. The highest BCUT2D eigenvalue weighted by atomic mass is 16.6. The van der Waals surface area contributed by atoms with Gasteiger partial charge in [0.1, 0.15) is 13.2 Å². The molecule has 0 N–H and O–H groups in total. The fourth-order valence-electron chi connectivity index (χ4n) is 11.2. The van der Waals surface area contributed by atoms with Crippen molar-refractivity contribution in [2.75, 3.05) is 13.2 Å². The maximum Gasteiger partial charge on any atom is 0.306 e. The van der Waals surface area contributed by atoms with E-state index in [2.05, 4.69) is 57.2 Å². The summed E-state index contributed by atoms with van der Waals surface area (Å²) in [7, 11) is 0. The van der Waals surface area contributed by atoms with Crippen molar-refractivity contribution in [2.24, 2.45) is 0 Å². The van der Waals surface area contributed by atoms with Crippen molar-refractivity contribution in [3.8, 4) is 0 Å². The maximum atomic E-state index is 12.9. The van der Waals surface area contributed by atoms with Gasteiger partial charge >= 0.3 is 17.9 Å². The van der Waals surface area contributed by atoms with Gasteiger partial charge in [0.25, 0.3) is 0 Å². The highest BCUT2D eigenvalue weighted by molar-refractivity contribution is 5.71. The Bertz CT molecular complexity index is 1350. The second-order valence-electron chi connectivity index (χ2n) is 24.9. The Morgan fingerprint density at radius 1 is 0.247 bits per heavy atom. The Morgan fingerprint density at radius 3 is 0.691 bits per heavy atom. The first-order valence-corrected chi connectivity index (χ1v) is 36.5. The normalized spacial score (nSPS) is 12.2. The lowest BCUT2D eigenvalue weighted by Gasteiger charge is -2.18. The van der Waals surface area contributed by atoms with E-state index in [9.17, 15) is 14.4 Å². The van der Waals surface area contributed by atoms with Gasteiger partial charge in [-0.1, -0.05) is 365 Å². The summed E-state index contributed by atoms with van der Waals surface area (Å²) in [5.41, 5.74) is 0. The summed E-state index contributed by atoms with van der Waals surface area (Å²) in [5, 5.41) is 0. The van der Waals surface area contributed by atoms with Crippen LogP contribution in [0.2, 0.25) is 0 Å². The van der Waals surface area contributed by atoms with Crippen molar-refractivity contribution >= 4 is 17.9 Å². The van der Waals surface area contributed by atoms with Crippen LogP contribution >= 0.6 is 0 Å². The molecule has 0 amide bonds. The van der Waals surface area contributed by atoms with Crippen molar-refractivity contribution in [2.45, 2.75) is 412 Å². The van der Waals surface area contributed by atoms with Gasteiger partial charge in [0.15, 0.2) is 6.10 Å². The Balaban J connectivity index is 4.17. The topological polar surface area (TPSA) is 78.9 Å². The number of allylic oxidation sites excluding steroid dienone is 6. The van der Waals surface area contributed by atoms with Gasteiger partial charge in [-0.15, -0.1) is 0 Å². The van der Waals surface area contributed by atoms with E-state index in [0.29, 0.717) is 19.3 Å². The van der Waals surface area contributed by atoms with Crippen LogP contribution in [-0.4, -0.2) is 37.2 Å². The van der Waals surface area contributed by atoms with Gasteiger partial charge in [0.05, 0.1) is 0 Å². The average Bonchev–Trinajstić information content (AvgIpc) is 3.47. The largest absolute Gasteiger partial charge is 0.462 e. The predicted molar refractivity (Wildman–Crippen MR) is 353 cm³/mol. The molecule has 6 heteroatoms. The zero-order valence-corrected chi connectivity index (χ0v) is 54.8. The third kappa shape index (κ3) is 68.3. The fraction of sp³-hybridized carbons (Fsp3) is 0.880. The van der Waals surface area contributed by atoms with Crippen LogP contribution in [0.3, 0.4) is 0 Å². The average molecular weight is 1140 g/mol. The Labute approximate surface area is 506 Å². The molecule has 0 aliphatic heterocycles. The summed E-state index contributed by atoms with van der Waals surface area (Å²) in [6, 6.07) is 0. The van der Waals surface area contributed by atoms with Crippen LogP contribution in [0.5, 0.6) is 0 Å². The predicted octanol–water partition coefficient (Wildman–Crippen LogP) is 25.1. The van der Waals surface area contributed by atoms with Gasteiger partial charge in [0, 0.05) is 19.3 Å². The maximum absolute atomic E-state index is 12.9. The molecule has 0 aromatic heterocycles. The minimum absolute atomic E-state index is 0.0677. The zero-order valence-electron chi connectivity index (χ0n) is 54.8. The molecule has 0 aromatic carbocycles. The number of esters is 3. The third-order valence-electron chi connectivity index (χ3n) is 16.6. The monoisotopic (exact) mass is 1140 g/mol. The smallest absolute Gasteiger partial charge is 0.306 e. The van der Waals surface area contributed by atoms with E-state index in [-0.39, 0.29) is 31.1 Å². The number of unbranched alkanes of at least 4 members (excludes halogenated alkanes) is 51. The van der Waals surface area contributed by atoms with E-state index in [1.165, 1.54) is 295 Å². The SMILES string of the molecule is CCCCCCC/C=C\C/C=C\C/C=C\CCCCCCCCCCCCC(=O)OC(COC(=O)CCCCCCCCCCCCC)COC(=O)CCCCCCCCCCCCCCCCCCCCCCCCCCCCC. The van der Waals surface area contributed by atoms with Crippen LogP contribution in [0.15, 0.2) is 36.5 Å². The molecule has 81 heavy (non-hydrogen) atoms. The minimum Gasteiger partial charge on any atom is -0.462 e. The van der Waals surface area contributed by atoms with Crippen molar-refractivity contribution in [1.82, 2.24) is 0 Å². The molecule has 1 unspecified atom stereocenters. The lowest BCUT2D eigenvalue weighted by molar-refractivity contribution is -0.167.